The van der Waals surface area contributed by atoms with Crippen LogP contribution in [0.5, 0.6) is 5.75 Å². The zero-order valence-electron chi connectivity index (χ0n) is 18.9. The molecule has 9 nitrogen and oxygen atoms in total. The Labute approximate surface area is 196 Å². The van der Waals surface area contributed by atoms with Crippen LogP contribution in [0.2, 0.25) is 0 Å². The van der Waals surface area contributed by atoms with Crippen LogP contribution >= 0.6 is 11.3 Å². The standard InChI is InChI=1S/C23H28N4O5S/c1-4-27(5-2)15-11-10-14(17(28)12-15)13-24-26-21(30)20(29)25-22-19(23(31)32-3)16-8-6-7-9-18(16)33-22/h10-13,28H,4-9H2,1-3H3,(H,25,29)(H,26,30). The van der Waals surface area contributed by atoms with Crippen molar-refractivity contribution >= 4 is 46.0 Å². The first-order chi connectivity index (χ1) is 15.9. The van der Waals surface area contributed by atoms with Crippen molar-refractivity contribution in [2.24, 2.45) is 5.10 Å². The number of aromatic hydroxyl groups is 1. The largest absolute Gasteiger partial charge is 0.507 e. The summed E-state index contributed by atoms with van der Waals surface area (Å²) in [7, 11) is 1.28. The third-order valence-corrected chi connectivity index (χ3v) is 6.71. The number of carbonyl (C=O) groups excluding carboxylic acids is 3. The summed E-state index contributed by atoms with van der Waals surface area (Å²) in [6, 6.07) is 5.14. The quantitative estimate of drug-likeness (QED) is 0.247. The number of esters is 1. The number of hydrazone groups is 1. The first-order valence-electron chi connectivity index (χ1n) is 10.8. The van der Waals surface area contributed by atoms with Gasteiger partial charge in [-0.15, -0.1) is 11.3 Å². The Hall–Kier alpha value is -3.40. The van der Waals surface area contributed by atoms with Gasteiger partial charge in [-0.05, 0) is 57.2 Å². The number of hydrogen-bond donors (Lipinski definition) is 3. The van der Waals surface area contributed by atoms with Crippen molar-refractivity contribution in [1.29, 1.82) is 0 Å². The lowest BCUT2D eigenvalue weighted by Gasteiger charge is -2.21. The lowest BCUT2D eigenvalue weighted by atomic mass is 9.95. The minimum Gasteiger partial charge on any atom is -0.507 e. The van der Waals surface area contributed by atoms with Gasteiger partial charge in [-0.2, -0.15) is 5.10 Å². The molecule has 10 heteroatoms. The van der Waals surface area contributed by atoms with E-state index in [1.807, 2.05) is 19.9 Å². The highest BCUT2D eigenvalue weighted by Crippen LogP contribution is 2.38. The summed E-state index contributed by atoms with van der Waals surface area (Å²) >= 11 is 1.29. The van der Waals surface area contributed by atoms with E-state index in [1.54, 1.807) is 12.1 Å². The van der Waals surface area contributed by atoms with Crippen molar-refractivity contribution in [2.75, 3.05) is 30.4 Å². The number of anilines is 2. The van der Waals surface area contributed by atoms with Gasteiger partial charge in [0.05, 0.1) is 18.9 Å². The maximum atomic E-state index is 12.4. The molecule has 3 N–H and O–H groups in total. The predicted octanol–water partition coefficient (Wildman–Crippen LogP) is 3.05. The lowest BCUT2D eigenvalue weighted by molar-refractivity contribution is -0.136. The molecule has 1 aromatic carbocycles. The summed E-state index contributed by atoms with van der Waals surface area (Å²) in [5, 5.41) is 16.8. The molecule has 33 heavy (non-hydrogen) atoms. The van der Waals surface area contributed by atoms with Crippen LogP contribution in [0, 0.1) is 0 Å². The van der Waals surface area contributed by atoms with Crippen LogP contribution in [-0.2, 0) is 27.2 Å². The smallest absolute Gasteiger partial charge is 0.341 e. The summed E-state index contributed by atoms with van der Waals surface area (Å²) in [5.74, 6) is -2.47. The number of thiophene rings is 1. The van der Waals surface area contributed by atoms with Gasteiger partial charge >= 0.3 is 17.8 Å². The second kappa shape index (κ2) is 11.0. The number of fused-ring (bicyclic) bond motifs is 1. The van der Waals surface area contributed by atoms with Crippen LogP contribution in [0.3, 0.4) is 0 Å². The molecule has 2 amide bonds. The monoisotopic (exact) mass is 472 g/mol. The molecule has 176 valence electrons. The average molecular weight is 473 g/mol. The normalized spacial score (nSPS) is 12.8. The molecule has 1 aromatic heterocycles. The number of rotatable bonds is 7. The van der Waals surface area contributed by atoms with E-state index in [0.717, 1.165) is 54.9 Å². The van der Waals surface area contributed by atoms with Crippen molar-refractivity contribution in [3.8, 4) is 5.75 Å². The third-order valence-electron chi connectivity index (χ3n) is 5.51. The molecular weight excluding hydrogens is 444 g/mol. The molecule has 0 unspecified atom stereocenters. The third kappa shape index (κ3) is 5.51. The van der Waals surface area contributed by atoms with Crippen LogP contribution in [0.25, 0.3) is 0 Å². The van der Waals surface area contributed by atoms with Crippen LogP contribution in [-0.4, -0.2) is 49.3 Å². The molecule has 0 fully saturated rings. The average Bonchev–Trinajstić information content (AvgIpc) is 3.18. The molecule has 0 saturated heterocycles. The molecule has 1 heterocycles. The molecule has 2 aromatic rings. The maximum absolute atomic E-state index is 12.4. The van der Waals surface area contributed by atoms with E-state index in [4.69, 9.17) is 4.74 Å². The SMILES string of the molecule is CCN(CC)c1ccc(C=NNC(=O)C(=O)Nc2sc3c(c2C(=O)OC)CCCC3)c(O)c1. The van der Waals surface area contributed by atoms with Gasteiger partial charge in [0.15, 0.2) is 0 Å². The van der Waals surface area contributed by atoms with E-state index >= 15 is 0 Å². The van der Waals surface area contributed by atoms with Gasteiger partial charge in [0.1, 0.15) is 10.8 Å². The highest BCUT2D eigenvalue weighted by molar-refractivity contribution is 7.17. The summed E-state index contributed by atoms with van der Waals surface area (Å²) < 4.78 is 4.87. The maximum Gasteiger partial charge on any atom is 0.341 e. The van der Waals surface area contributed by atoms with E-state index in [9.17, 15) is 19.5 Å². The number of nitrogens with zero attached hydrogens (tertiary/aromatic N) is 2. The molecule has 0 bridgehead atoms. The number of amides is 2. The molecule has 0 aliphatic heterocycles. The van der Waals surface area contributed by atoms with Gasteiger partial charge in [-0.3, -0.25) is 9.59 Å². The van der Waals surface area contributed by atoms with Crippen molar-refractivity contribution in [3.63, 3.8) is 0 Å². The Morgan fingerprint density at radius 2 is 1.91 bits per heavy atom. The minimum absolute atomic E-state index is 0.00809. The number of nitrogens with one attached hydrogen (secondary N) is 2. The van der Waals surface area contributed by atoms with Crippen molar-refractivity contribution in [2.45, 2.75) is 39.5 Å². The summed E-state index contributed by atoms with van der Waals surface area (Å²) in [6.07, 6.45) is 4.79. The zero-order valence-corrected chi connectivity index (χ0v) is 19.8. The summed E-state index contributed by atoms with van der Waals surface area (Å²) in [5.41, 5.74) is 4.62. The number of aryl methyl sites for hydroxylation is 1. The zero-order chi connectivity index (χ0) is 24.0. The molecular formula is C23H28N4O5S. The Morgan fingerprint density at radius 1 is 1.18 bits per heavy atom. The molecule has 0 saturated carbocycles. The molecule has 0 radical (unpaired) electrons. The van der Waals surface area contributed by atoms with Crippen LogP contribution in [0.4, 0.5) is 10.7 Å². The van der Waals surface area contributed by atoms with Gasteiger partial charge in [0, 0.05) is 35.3 Å². The van der Waals surface area contributed by atoms with Gasteiger partial charge in [-0.1, -0.05) is 0 Å². The van der Waals surface area contributed by atoms with E-state index in [0.29, 0.717) is 16.1 Å². The molecule has 1 aliphatic carbocycles. The highest BCUT2D eigenvalue weighted by Gasteiger charge is 2.28. The van der Waals surface area contributed by atoms with Crippen molar-refractivity contribution in [3.05, 3.63) is 39.8 Å². The molecule has 3 rings (SSSR count). The minimum atomic E-state index is -0.993. The first-order valence-corrected chi connectivity index (χ1v) is 11.7. The van der Waals surface area contributed by atoms with Gasteiger partial charge in [-0.25, -0.2) is 10.2 Å². The Morgan fingerprint density at radius 3 is 2.58 bits per heavy atom. The van der Waals surface area contributed by atoms with Crippen molar-refractivity contribution in [1.82, 2.24) is 5.43 Å². The lowest BCUT2D eigenvalue weighted by Crippen LogP contribution is -2.32. The number of phenols is 1. The number of benzene rings is 1. The summed E-state index contributed by atoms with van der Waals surface area (Å²) in [6.45, 7) is 5.66. The Kier molecular flexibility index (Phi) is 8.05. The number of carbonyl (C=O) groups is 3. The predicted molar refractivity (Wildman–Crippen MR) is 128 cm³/mol. The van der Waals surface area contributed by atoms with Crippen LogP contribution in [0.15, 0.2) is 23.3 Å². The van der Waals surface area contributed by atoms with Gasteiger partial charge < -0.3 is 20.1 Å². The van der Waals surface area contributed by atoms with Crippen LogP contribution < -0.4 is 15.6 Å². The number of phenolic OH excluding ortho intramolecular Hbond substituents is 1. The first kappa shape index (κ1) is 24.2. The second-order valence-corrected chi connectivity index (χ2v) is 8.58. The van der Waals surface area contributed by atoms with Crippen molar-refractivity contribution < 1.29 is 24.2 Å². The van der Waals surface area contributed by atoms with E-state index in [2.05, 4.69) is 20.7 Å². The number of hydrogen-bond acceptors (Lipinski definition) is 8. The van der Waals surface area contributed by atoms with E-state index in [1.165, 1.54) is 24.7 Å². The number of methoxy groups -OCH3 is 1. The van der Waals surface area contributed by atoms with Gasteiger partial charge in [0.2, 0.25) is 0 Å². The van der Waals surface area contributed by atoms with Crippen LogP contribution in [0.1, 0.15) is 53.1 Å². The topological polar surface area (TPSA) is 120 Å². The Balaban J connectivity index is 1.66. The summed E-state index contributed by atoms with van der Waals surface area (Å²) in [4.78, 5) is 40.0. The fraction of sp³-hybridized carbons (Fsp3) is 0.391. The molecule has 1 aliphatic rings. The fourth-order valence-corrected chi connectivity index (χ4v) is 5.04. The Bertz CT molecular complexity index is 1080. The number of ether oxygens (including phenoxy) is 1. The highest BCUT2D eigenvalue weighted by atomic mass is 32.1. The second-order valence-electron chi connectivity index (χ2n) is 7.48. The molecule has 0 atom stereocenters. The van der Waals surface area contributed by atoms with E-state index in [-0.39, 0.29) is 5.75 Å². The fourth-order valence-electron chi connectivity index (χ4n) is 3.77. The van der Waals surface area contributed by atoms with Gasteiger partial charge in [0.25, 0.3) is 0 Å². The molecule has 0 spiro atoms. The van der Waals surface area contributed by atoms with E-state index < -0.39 is 17.8 Å².